The smallest absolute Gasteiger partial charge is 0.262 e. The van der Waals surface area contributed by atoms with Gasteiger partial charge in [-0.25, -0.2) is 8.42 Å². The molecule has 7 nitrogen and oxygen atoms in total. The van der Waals surface area contributed by atoms with Gasteiger partial charge in [0.25, 0.3) is 15.9 Å². The third-order valence-corrected chi connectivity index (χ3v) is 6.34. The van der Waals surface area contributed by atoms with Gasteiger partial charge in [0, 0.05) is 15.8 Å². The highest BCUT2D eigenvalue weighted by Gasteiger charge is 2.18. The van der Waals surface area contributed by atoms with Crippen molar-refractivity contribution in [3.05, 3.63) is 76.8 Å². The molecule has 31 heavy (non-hydrogen) atoms. The normalized spacial score (nSPS) is 10.9. The Kier molecular flexibility index (Phi) is 7.19. The second kappa shape index (κ2) is 9.84. The van der Waals surface area contributed by atoms with Crippen LogP contribution >= 0.6 is 15.9 Å². The molecule has 3 rings (SSSR count). The summed E-state index contributed by atoms with van der Waals surface area (Å²) in [5.74, 6) is 0.765. The van der Waals surface area contributed by atoms with Crippen LogP contribution in [0.3, 0.4) is 0 Å². The number of rotatable bonds is 8. The highest BCUT2D eigenvalue weighted by atomic mass is 79.9. The molecule has 3 aromatic rings. The molecule has 9 heteroatoms. The fraction of sp³-hybridized carbons (Fsp3) is 0.136. The van der Waals surface area contributed by atoms with Gasteiger partial charge in [0.1, 0.15) is 11.5 Å². The second-order valence-electron chi connectivity index (χ2n) is 6.61. The number of anilines is 2. The third kappa shape index (κ3) is 6.22. The largest absolute Gasteiger partial charge is 0.497 e. The SMILES string of the molecule is COc1ccc(NS(=O)(=O)c2cc(NC(=O)COc3ccc(Br)cc3)ccc2C)cc1. The molecular weight excluding hydrogens is 484 g/mol. The summed E-state index contributed by atoms with van der Waals surface area (Å²) in [7, 11) is -2.33. The van der Waals surface area contributed by atoms with E-state index in [2.05, 4.69) is 26.0 Å². The first-order valence-electron chi connectivity index (χ1n) is 9.22. The molecule has 0 bridgehead atoms. The zero-order valence-electron chi connectivity index (χ0n) is 16.9. The fourth-order valence-corrected chi connectivity index (χ4v) is 4.31. The average molecular weight is 505 g/mol. The maximum atomic E-state index is 12.9. The first-order valence-corrected chi connectivity index (χ1v) is 11.5. The minimum absolute atomic E-state index is 0.0648. The highest BCUT2D eigenvalue weighted by Crippen LogP contribution is 2.24. The predicted octanol–water partition coefficient (Wildman–Crippen LogP) is 4.58. The van der Waals surface area contributed by atoms with E-state index < -0.39 is 15.9 Å². The molecule has 0 saturated carbocycles. The van der Waals surface area contributed by atoms with E-state index in [1.807, 2.05) is 0 Å². The lowest BCUT2D eigenvalue weighted by atomic mass is 10.2. The van der Waals surface area contributed by atoms with Crippen molar-refractivity contribution in [3.63, 3.8) is 0 Å². The van der Waals surface area contributed by atoms with Crippen LogP contribution in [0.1, 0.15) is 5.56 Å². The van der Waals surface area contributed by atoms with Crippen molar-refractivity contribution in [2.24, 2.45) is 0 Å². The van der Waals surface area contributed by atoms with E-state index in [4.69, 9.17) is 9.47 Å². The van der Waals surface area contributed by atoms with Crippen molar-refractivity contribution < 1.29 is 22.7 Å². The minimum atomic E-state index is -3.86. The Morgan fingerprint density at radius 3 is 2.19 bits per heavy atom. The summed E-state index contributed by atoms with van der Waals surface area (Å²) < 4.78 is 39.7. The molecule has 0 aliphatic carbocycles. The molecule has 0 aromatic heterocycles. The van der Waals surface area contributed by atoms with E-state index in [1.54, 1.807) is 67.6 Å². The van der Waals surface area contributed by atoms with Gasteiger partial charge in [0.2, 0.25) is 0 Å². The van der Waals surface area contributed by atoms with Gasteiger partial charge in [0.15, 0.2) is 6.61 Å². The molecule has 0 unspecified atom stereocenters. The fourth-order valence-electron chi connectivity index (χ4n) is 2.71. The number of halogens is 1. The maximum Gasteiger partial charge on any atom is 0.262 e. The maximum absolute atomic E-state index is 12.9. The van der Waals surface area contributed by atoms with Gasteiger partial charge in [-0.15, -0.1) is 0 Å². The van der Waals surface area contributed by atoms with E-state index in [9.17, 15) is 13.2 Å². The molecule has 0 atom stereocenters. The zero-order chi connectivity index (χ0) is 22.4. The first-order chi connectivity index (χ1) is 14.8. The quantitative estimate of drug-likeness (QED) is 0.468. The Bertz CT molecular complexity index is 1160. The van der Waals surface area contributed by atoms with E-state index in [-0.39, 0.29) is 11.5 Å². The zero-order valence-corrected chi connectivity index (χ0v) is 19.3. The summed E-state index contributed by atoms with van der Waals surface area (Å²) in [5, 5.41) is 2.66. The number of ether oxygens (including phenoxy) is 2. The molecule has 3 aromatic carbocycles. The van der Waals surface area contributed by atoms with E-state index in [1.165, 1.54) is 13.2 Å². The molecule has 1 amide bonds. The molecule has 0 aliphatic heterocycles. The van der Waals surface area contributed by atoms with Crippen molar-refractivity contribution >= 4 is 43.2 Å². The summed E-state index contributed by atoms with van der Waals surface area (Å²) in [4.78, 5) is 12.3. The van der Waals surface area contributed by atoms with Crippen molar-refractivity contribution in [2.45, 2.75) is 11.8 Å². The number of hydrogen-bond acceptors (Lipinski definition) is 5. The van der Waals surface area contributed by atoms with Crippen LogP contribution in [0.15, 0.2) is 76.1 Å². The van der Waals surface area contributed by atoms with E-state index in [0.717, 1.165) is 4.47 Å². The number of aryl methyl sites for hydroxylation is 1. The number of nitrogens with one attached hydrogen (secondary N) is 2. The van der Waals surface area contributed by atoms with Crippen molar-refractivity contribution in [2.75, 3.05) is 23.8 Å². The Labute approximate surface area is 189 Å². The minimum Gasteiger partial charge on any atom is -0.497 e. The number of carbonyl (C=O) groups excluding carboxylic acids is 1. The molecule has 0 spiro atoms. The van der Waals surface area contributed by atoms with Gasteiger partial charge >= 0.3 is 0 Å². The molecule has 0 aliphatic rings. The standard InChI is InChI=1S/C22H21BrN2O5S/c1-15-3-6-18(24-22(26)14-30-20-9-4-16(23)5-10-20)13-21(15)31(27,28)25-17-7-11-19(29-2)12-8-17/h3-13,25H,14H2,1-2H3,(H,24,26). The molecule has 0 saturated heterocycles. The number of amides is 1. The van der Waals surface area contributed by atoms with Crippen molar-refractivity contribution in [3.8, 4) is 11.5 Å². The van der Waals surface area contributed by atoms with Crippen molar-refractivity contribution in [1.82, 2.24) is 0 Å². The van der Waals surface area contributed by atoms with Crippen LogP contribution in [-0.4, -0.2) is 28.0 Å². The number of hydrogen-bond donors (Lipinski definition) is 2. The predicted molar refractivity (Wildman–Crippen MR) is 123 cm³/mol. The van der Waals surface area contributed by atoms with Crippen LogP contribution < -0.4 is 19.5 Å². The third-order valence-electron chi connectivity index (χ3n) is 4.29. The molecule has 162 valence electrons. The molecular formula is C22H21BrN2O5S. The lowest BCUT2D eigenvalue weighted by Crippen LogP contribution is -2.21. The Hall–Kier alpha value is -3.04. The van der Waals surface area contributed by atoms with E-state index in [0.29, 0.717) is 28.4 Å². The lowest BCUT2D eigenvalue weighted by Gasteiger charge is -2.13. The summed E-state index contributed by atoms with van der Waals surface area (Å²) >= 11 is 3.33. The second-order valence-corrected chi connectivity index (χ2v) is 9.17. The summed E-state index contributed by atoms with van der Waals surface area (Å²) in [6, 6.07) is 18.3. The molecule has 0 radical (unpaired) electrons. The van der Waals surface area contributed by atoms with Crippen LogP contribution in [0.4, 0.5) is 11.4 Å². The first kappa shape index (κ1) is 22.6. The Morgan fingerprint density at radius 2 is 1.55 bits per heavy atom. The topological polar surface area (TPSA) is 93.7 Å². The number of methoxy groups -OCH3 is 1. The number of sulfonamides is 1. The van der Waals surface area contributed by atoms with Crippen LogP contribution in [0.2, 0.25) is 0 Å². The van der Waals surface area contributed by atoms with Crippen molar-refractivity contribution in [1.29, 1.82) is 0 Å². The summed E-state index contributed by atoms with van der Waals surface area (Å²) in [6.07, 6.45) is 0. The van der Waals surface area contributed by atoms with E-state index >= 15 is 0 Å². The van der Waals surface area contributed by atoms with Crippen LogP contribution in [0.5, 0.6) is 11.5 Å². The monoisotopic (exact) mass is 504 g/mol. The number of benzene rings is 3. The lowest BCUT2D eigenvalue weighted by molar-refractivity contribution is -0.118. The Morgan fingerprint density at radius 1 is 0.935 bits per heavy atom. The average Bonchev–Trinajstić information content (AvgIpc) is 2.75. The van der Waals surface area contributed by atoms with Gasteiger partial charge in [-0.1, -0.05) is 22.0 Å². The highest BCUT2D eigenvalue weighted by molar-refractivity contribution is 9.10. The van der Waals surface area contributed by atoms with Gasteiger partial charge in [-0.05, 0) is 73.2 Å². The Balaban J connectivity index is 1.69. The molecule has 2 N–H and O–H groups in total. The van der Waals surface area contributed by atoms with Crippen LogP contribution in [-0.2, 0) is 14.8 Å². The van der Waals surface area contributed by atoms with Gasteiger partial charge < -0.3 is 14.8 Å². The summed E-state index contributed by atoms with van der Waals surface area (Å²) in [5.41, 5.74) is 1.30. The van der Waals surface area contributed by atoms with Gasteiger partial charge in [0.05, 0.1) is 12.0 Å². The summed E-state index contributed by atoms with van der Waals surface area (Å²) in [6.45, 7) is 1.48. The number of carbonyl (C=O) groups is 1. The molecule has 0 heterocycles. The van der Waals surface area contributed by atoms with Gasteiger partial charge in [-0.2, -0.15) is 0 Å². The molecule has 0 fully saturated rings. The van der Waals surface area contributed by atoms with Gasteiger partial charge in [-0.3, -0.25) is 9.52 Å². The van der Waals surface area contributed by atoms with Crippen LogP contribution in [0, 0.1) is 6.92 Å². The van der Waals surface area contributed by atoms with Crippen LogP contribution in [0.25, 0.3) is 0 Å².